The number of benzene rings is 1. The fraction of sp³-hybridized carbons (Fsp3) is 0.462. The maximum Gasteiger partial charge on any atom is 0.224 e. The average Bonchev–Trinajstić information content (AvgIpc) is 2.80. The second kappa shape index (κ2) is 4.11. The third-order valence-electron chi connectivity index (χ3n) is 3.75. The second-order valence-electron chi connectivity index (χ2n) is 4.86. The minimum atomic E-state index is -0.260. The average molecular weight is 234 g/mol. The summed E-state index contributed by atoms with van der Waals surface area (Å²) in [6, 6.07) is 6.34. The van der Waals surface area contributed by atoms with Crippen LogP contribution in [0.2, 0.25) is 0 Å². The molecule has 1 aromatic rings. The summed E-state index contributed by atoms with van der Waals surface area (Å²) in [5.74, 6) is 1.10. The number of carbonyl (C=O) groups is 1. The van der Waals surface area contributed by atoms with E-state index >= 15 is 0 Å². The molecule has 3 atom stereocenters. The maximum atomic E-state index is 12.9. The van der Waals surface area contributed by atoms with E-state index < -0.39 is 0 Å². The molecule has 0 radical (unpaired) electrons. The molecule has 2 aliphatic rings. The van der Waals surface area contributed by atoms with Crippen LogP contribution in [0.5, 0.6) is 0 Å². The zero-order chi connectivity index (χ0) is 11.8. The van der Waals surface area contributed by atoms with Crippen LogP contribution in [0.15, 0.2) is 24.3 Å². The molecule has 90 valence electrons. The van der Waals surface area contributed by atoms with E-state index in [1.807, 2.05) is 6.07 Å². The van der Waals surface area contributed by atoms with E-state index in [2.05, 4.69) is 10.6 Å². The monoisotopic (exact) mass is 234 g/mol. The Morgan fingerprint density at radius 3 is 2.88 bits per heavy atom. The Labute approximate surface area is 99.4 Å². The summed E-state index contributed by atoms with van der Waals surface area (Å²) in [5.41, 5.74) is 0.808. The molecule has 3 rings (SSSR count). The summed E-state index contributed by atoms with van der Waals surface area (Å²) in [6.07, 6.45) is 0. The summed E-state index contributed by atoms with van der Waals surface area (Å²) >= 11 is 0. The number of hydrogen-bond donors (Lipinski definition) is 2. The van der Waals surface area contributed by atoms with E-state index in [0.29, 0.717) is 18.4 Å². The summed E-state index contributed by atoms with van der Waals surface area (Å²) in [4.78, 5) is 11.8. The zero-order valence-corrected chi connectivity index (χ0v) is 9.45. The number of amides is 1. The molecule has 17 heavy (non-hydrogen) atoms. The largest absolute Gasteiger partial charge is 0.352 e. The molecule has 1 amide bonds. The number of carbonyl (C=O) groups excluding carboxylic acids is 1. The Bertz CT molecular complexity index is 439. The Kier molecular flexibility index (Phi) is 2.59. The lowest BCUT2D eigenvalue weighted by atomic mass is 10.2. The van der Waals surface area contributed by atoms with Crippen molar-refractivity contribution in [3.05, 3.63) is 35.6 Å². The van der Waals surface area contributed by atoms with Crippen LogP contribution in [0, 0.1) is 23.6 Å². The number of halogens is 1. The topological polar surface area (TPSA) is 41.1 Å². The lowest BCUT2D eigenvalue weighted by molar-refractivity contribution is -0.123. The molecular formula is C13H15FN2O. The summed E-state index contributed by atoms with van der Waals surface area (Å²) in [5, 5.41) is 6.14. The van der Waals surface area contributed by atoms with Gasteiger partial charge >= 0.3 is 0 Å². The van der Waals surface area contributed by atoms with Crippen molar-refractivity contribution in [1.29, 1.82) is 0 Å². The van der Waals surface area contributed by atoms with Crippen LogP contribution in [-0.4, -0.2) is 19.0 Å². The molecule has 1 saturated carbocycles. The van der Waals surface area contributed by atoms with Gasteiger partial charge in [-0.3, -0.25) is 4.79 Å². The van der Waals surface area contributed by atoms with Crippen molar-refractivity contribution in [1.82, 2.24) is 10.6 Å². The van der Waals surface area contributed by atoms with Gasteiger partial charge in [0.2, 0.25) is 5.91 Å². The zero-order valence-electron chi connectivity index (χ0n) is 9.45. The van der Waals surface area contributed by atoms with Crippen molar-refractivity contribution >= 4 is 5.91 Å². The number of hydrogen-bond acceptors (Lipinski definition) is 2. The lowest BCUT2D eigenvalue weighted by Gasteiger charge is -2.07. The molecule has 0 spiro atoms. The molecule has 4 heteroatoms. The predicted molar refractivity (Wildman–Crippen MR) is 61.6 cm³/mol. The van der Waals surface area contributed by atoms with Gasteiger partial charge in [-0.2, -0.15) is 0 Å². The van der Waals surface area contributed by atoms with Crippen LogP contribution >= 0.6 is 0 Å². The van der Waals surface area contributed by atoms with E-state index in [-0.39, 0.29) is 17.6 Å². The highest BCUT2D eigenvalue weighted by Gasteiger charge is 2.56. The fourth-order valence-corrected chi connectivity index (χ4v) is 2.76. The van der Waals surface area contributed by atoms with Gasteiger partial charge in [0.05, 0.1) is 0 Å². The van der Waals surface area contributed by atoms with Gasteiger partial charge in [-0.05, 0) is 42.6 Å². The van der Waals surface area contributed by atoms with Crippen LogP contribution in [0.4, 0.5) is 4.39 Å². The maximum absolute atomic E-state index is 12.9. The molecule has 2 fully saturated rings. The molecule has 1 unspecified atom stereocenters. The SMILES string of the molecule is O=C(NCc1cccc(F)c1)C1[C@H]2CNC[C@@H]12. The number of rotatable bonds is 3. The smallest absolute Gasteiger partial charge is 0.224 e. The highest BCUT2D eigenvalue weighted by molar-refractivity contribution is 5.82. The van der Waals surface area contributed by atoms with Crippen molar-refractivity contribution in [2.24, 2.45) is 17.8 Å². The number of nitrogens with one attached hydrogen (secondary N) is 2. The first-order valence-corrected chi connectivity index (χ1v) is 5.98. The van der Waals surface area contributed by atoms with Gasteiger partial charge in [0.1, 0.15) is 5.82 Å². The normalized spacial score (nSPS) is 29.8. The third kappa shape index (κ3) is 2.05. The second-order valence-corrected chi connectivity index (χ2v) is 4.86. The van der Waals surface area contributed by atoms with Crippen molar-refractivity contribution in [2.45, 2.75) is 6.54 Å². The molecule has 1 aliphatic carbocycles. The van der Waals surface area contributed by atoms with Crippen molar-refractivity contribution in [2.75, 3.05) is 13.1 Å². The molecule has 1 saturated heterocycles. The van der Waals surface area contributed by atoms with Crippen LogP contribution in [0.3, 0.4) is 0 Å². The van der Waals surface area contributed by atoms with Crippen molar-refractivity contribution in [3.63, 3.8) is 0 Å². The summed E-state index contributed by atoms with van der Waals surface area (Å²) in [6.45, 7) is 2.34. The van der Waals surface area contributed by atoms with E-state index in [0.717, 1.165) is 18.7 Å². The first kappa shape index (κ1) is 10.7. The molecule has 1 heterocycles. The molecule has 0 aromatic heterocycles. The molecule has 1 aliphatic heterocycles. The van der Waals surface area contributed by atoms with Crippen LogP contribution in [-0.2, 0) is 11.3 Å². The van der Waals surface area contributed by atoms with Crippen molar-refractivity contribution in [3.8, 4) is 0 Å². The van der Waals surface area contributed by atoms with Gasteiger partial charge in [-0.25, -0.2) is 4.39 Å². The number of fused-ring (bicyclic) bond motifs is 1. The first-order chi connectivity index (χ1) is 8.25. The highest BCUT2D eigenvalue weighted by Crippen LogP contribution is 2.48. The minimum Gasteiger partial charge on any atom is -0.352 e. The summed E-state index contributed by atoms with van der Waals surface area (Å²) in [7, 11) is 0. The Morgan fingerprint density at radius 1 is 1.41 bits per heavy atom. The van der Waals surface area contributed by atoms with Gasteiger partial charge in [-0.1, -0.05) is 12.1 Å². The fourth-order valence-electron chi connectivity index (χ4n) is 2.76. The van der Waals surface area contributed by atoms with Gasteiger partial charge in [0.25, 0.3) is 0 Å². The molecule has 2 N–H and O–H groups in total. The standard InChI is InChI=1S/C13H15FN2O/c14-9-3-1-2-8(4-9)5-16-13(17)12-10-6-15-7-11(10)12/h1-4,10-12,15H,5-7H2,(H,16,17)/t10-,11+,12?. The molecule has 3 nitrogen and oxygen atoms in total. The first-order valence-electron chi connectivity index (χ1n) is 5.98. The van der Waals surface area contributed by atoms with Crippen LogP contribution in [0.25, 0.3) is 0 Å². The van der Waals surface area contributed by atoms with Crippen LogP contribution in [0.1, 0.15) is 5.56 Å². The van der Waals surface area contributed by atoms with E-state index in [1.54, 1.807) is 6.07 Å². The minimum absolute atomic E-state index is 0.116. The Balaban J connectivity index is 1.53. The van der Waals surface area contributed by atoms with Gasteiger partial charge < -0.3 is 10.6 Å². The van der Waals surface area contributed by atoms with E-state index in [1.165, 1.54) is 12.1 Å². The third-order valence-corrected chi connectivity index (χ3v) is 3.75. The highest BCUT2D eigenvalue weighted by atomic mass is 19.1. The quantitative estimate of drug-likeness (QED) is 0.816. The van der Waals surface area contributed by atoms with Gasteiger partial charge in [0, 0.05) is 12.5 Å². The predicted octanol–water partition coefficient (Wildman–Crippen LogP) is 0.907. The lowest BCUT2D eigenvalue weighted by Crippen LogP contribution is -2.29. The van der Waals surface area contributed by atoms with Crippen molar-refractivity contribution < 1.29 is 9.18 Å². The Morgan fingerprint density at radius 2 is 2.18 bits per heavy atom. The number of piperidine rings is 1. The van der Waals surface area contributed by atoms with Gasteiger partial charge in [-0.15, -0.1) is 0 Å². The molecule has 0 bridgehead atoms. The molecular weight excluding hydrogens is 219 g/mol. The van der Waals surface area contributed by atoms with Gasteiger partial charge in [0.15, 0.2) is 0 Å². The van der Waals surface area contributed by atoms with Crippen LogP contribution < -0.4 is 10.6 Å². The Hall–Kier alpha value is -1.42. The van der Waals surface area contributed by atoms with E-state index in [4.69, 9.17) is 0 Å². The molecule has 1 aromatic carbocycles. The van der Waals surface area contributed by atoms with E-state index in [9.17, 15) is 9.18 Å². The summed E-state index contributed by atoms with van der Waals surface area (Å²) < 4.78 is 12.9.